The normalized spacial score (nSPS) is 11.9. The maximum Gasteiger partial charge on any atom is 0.337 e. The molecular weight excluding hydrogens is 251 g/mol. The van der Waals surface area contributed by atoms with E-state index in [1.54, 1.807) is 6.92 Å². The molecule has 19 heavy (non-hydrogen) atoms. The summed E-state index contributed by atoms with van der Waals surface area (Å²) in [6, 6.07) is 3.64. The van der Waals surface area contributed by atoms with Gasteiger partial charge >= 0.3 is 5.97 Å². The molecule has 0 bridgehead atoms. The number of benzene rings is 1. The molecule has 1 atom stereocenters. The molecule has 1 rings (SSSR count). The predicted molar refractivity (Wildman–Crippen MR) is 69.7 cm³/mol. The van der Waals surface area contributed by atoms with E-state index < -0.39 is 17.7 Å². The second-order valence-corrected chi connectivity index (χ2v) is 4.17. The molecule has 1 unspecified atom stereocenters. The van der Waals surface area contributed by atoms with Crippen LogP contribution in [0.25, 0.3) is 0 Å². The van der Waals surface area contributed by atoms with E-state index in [-0.39, 0.29) is 17.2 Å². The van der Waals surface area contributed by atoms with Gasteiger partial charge in [-0.3, -0.25) is 4.79 Å². The van der Waals surface area contributed by atoms with Crippen molar-refractivity contribution in [3.05, 3.63) is 29.6 Å². The fraction of sp³-hybridized carbons (Fsp3) is 0.385. The minimum atomic E-state index is -1.28. The molecule has 5 nitrogen and oxygen atoms in total. The Hall–Kier alpha value is -1.95. The van der Waals surface area contributed by atoms with E-state index in [1.807, 2.05) is 6.92 Å². The number of halogens is 1. The molecule has 0 aliphatic heterocycles. The zero-order valence-corrected chi connectivity index (χ0v) is 10.9. The van der Waals surface area contributed by atoms with E-state index in [0.717, 1.165) is 12.6 Å². The summed E-state index contributed by atoms with van der Waals surface area (Å²) in [6.07, 6.45) is 0. The summed E-state index contributed by atoms with van der Waals surface area (Å²) in [4.78, 5) is 22.8. The molecule has 1 aromatic carbocycles. The van der Waals surface area contributed by atoms with E-state index in [1.165, 1.54) is 12.1 Å². The van der Waals surface area contributed by atoms with Crippen LogP contribution in [-0.2, 0) is 4.79 Å². The van der Waals surface area contributed by atoms with E-state index in [9.17, 15) is 14.0 Å². The van der Waals surface area contributed by atoms with Crippen molar-refractivity contribution in [3.8, 4) is 0 Å². The van der Waals surface area contributed by atoms with Crippen LogP contribution in [0.5, 0.6) is 0 Å². The fourth-order valence-electron chi connectivity index (χ4n) is 1.53. The molecule has 0 spiro atoms. The van der Waals surface area contributed by atoms with Gasteiger partial charge in [-0.2, -0.15) is 0 Å². The van der Waals surface area contributed by atoms with Gasteiger partial charge in [0, 0.05) is 12.5 Å². The van der Waals surface area contributed by atoms with Crippen LogP contribution in [-0.4, -0.2) is 30.1 Å². The average Bonchev–Trinajstić information content (AvgIpc) is 2.37. The summed E-state index contributed by atoms with van der Waals surface area (Å²) < 4.78 is 13.6. The molecule has 0 aliphatic carbocycles. The Morgan fingerprint density at radius 2 is 2.11 bits per heavy atom. The van der Waals surface area contributed by atoms with Crippen molar-refractivity contribution in [3.63, 3.8) is 0 Å². The smallest absolute Gasteiger partial charge is 0.337 e. The summed E-state index contributed by atoms with van der Waals surface area (Å²) >= 11 is 0. The van der Waals surface area contributed by atoms with Crippen LogP contribution in [0, 0.1) is 11.7 Å². The first kappa shape index (κ1) is 15.1. The van der Waals surface area contributed by atoms with Gasteiger partial charge in [0.2, 0.25) is 5.91 Å². The van der Waals surface area contributed by atoms with Crippen LogP contribution in [0.3, 0.4) is 0 Å². The van der Waals surface area contributed by atoms with Crippen molar-refractivity contribution in [1.82, 2.24) is 5.32 Å². The number of nitrogens with one attached hydrogen (secondary N) is 2. The lowest BCUT2D eigenvalue weighted by Crippen LogP contribution is -2.31. The number of hydrogen-bond acceptors (Lipinski definition) is 3. The van der Waals surface area contributed by atoms with E-state index in [4.69, 9.17) is 5.11 Å². The van der Waals surface area contributed by atoms with Gasteiger partial charge in [-0.05, 0) is 18.7 Å². The topological polar surface area (TPSA) is 78.4 Å². The van der Waals surface area contributed by atoms with Crippen LogP contribution in [0.2, 0.25) is 0 Å². The quantitative estimate of drug-likeness (QED) is 0.734. The standard InChI is InChI=1S/C13H17FN2O3/c1-3-15-7-8(2)12(17)16-11-9(13(18)19)5-4-6-10(11)14/h4-6,8,15H,3,7H2,1-2H3,(H,16,17)(H,18,19). The van der Waals surface area contributed by atoms with Gasteiger partial charge < -0.3 is 15.7 Å². The maximum absolute atomic E-state index is 13.6. The number of para-hydroxylation sites is 1. The van der Waals surface area contributed by atoms with Crippen LogP contribution < -0.4 is 10.6 Å². The average molecular weight is 268 g/mol. The molecule has 0 fully saturated rings. The Kier molecular flexibility index (Phi) is 5.44. The number of carboxylic acid groups (broad SMARTS) is 1. The number of aromatic carboxylic acids is 1. The monoisotopic (exact) mass is 268 g/mol. The van der Waals surface area contributed by atoms with Gasteiger partial charge in [-0.1, -0.05) is 19.9 Å². The molecule has 0 saturated heterocycles. The number of carbonyl (C=O) groups is 2. The van der Waals surface area contributed by atoms with Gasteiger partial charge in [0.05, 0.1) is 11.3 Å². The number of anilines is 1. The molecule has 3 N–H and O–H groups in total. The number of rotatable bonds is 6. The molecule has 6 heteroatoms. The van der Waals surface area contributed by atoms with Crippen molar-refractivity contribution in [1.29, 1.82) is 0 Å². The molecule has 0 saturated carbocycles. The first-order valence-corrected chi connectivity index (χ1v) is 6.00. The van der Waals surface area contributed by atoms with Crippen LogP contribution >= 0.6 is 0 Å². The number of amides is 1. The number of carboxylic acids is 1. The minimum absolute atomic E-state index is 0.260. The van der Waals surface area contributed by atoms with E-state index in [2.05, 4.69) is 10.6 Å². The highest BCUT2D eigenvalue weighted by atomic mass is 19.1. The first-order valence-electron chi connectivity index (χ1n) is 6.00. The molecule has 0 aliphatic rings. The highest BCUT2D eigenvalue weighted by Gasteiger charge is 2.19. The lowest BCUT2D eigenvalue weighted by atomic mass is 10.1. The van der Waals surface area contributed by atoms with Crippen molar-refractivity contribution < 1.29 is 19.1 Å². The SMILES string of the molecule is CCNCC(C)C(=O)Nc1c(F)cccc1C(=O)O. The zero-order chi connectivity index (χ0) is 14.4. The molecular formula is C13H17FN2O3. The Morgan fingerprint density at radius 3 is 2.68 bits per heavy atom. The second-order valence-electron chi connectivity index (χ2n) is 4.17. The van der Waals surface area contributed by atoms with Crippen molar-refractivity contribution in [2.75, 3.05) is 18.4 Å². The Morgan fingerprint density at radius 1 is 1.42 bits per heavy atom. The van der Waals surface area contributed by atoms with Crippen LogP contribution in [0.15, 0.2) is 18.2 Å². The molecule has 0 radical (unpaired) electrons. The summed E-state index contributed by atoms with van der Waals surface area (Å²) in [5.41, 5.74) is -0.549. The highest BCUT2D eigenvalue weighted by molar-refractivity contribution is 6.01. The van der Waals surface area contributed by atoms with Gasteiger partial charge in [0.25, 0.3) is 0 Å². The van der Waals surface area contributed by atoms with Crippen molar-refractivity contribution in [2.45, 2.75) is 13.8 Å². The van der Waals surface area contributed by atoms with E-state index in [0.29, 0.717) is 6.54 Å². The Bertz CT molecular complexity index is 477. The summed E-state index contributed by atoms with van der Waals surface area (Å²) in [7, 11) is 0. The molecule has 1 aromatic rings. The molecule has 104 valence electrons. The largest absolute Gasteiger partial charge is 0.478 e. The summed E-state index contributed by atoms with van der Waals surface area (Å²) in [6.45, 7) is 4.75. The predicted octanol–water partition coefficient (Wildman–Crippen LogP) is 1.71. The summed E-state index contributed by atoms with van der Waals surface area (Å²) in [5.74, 6) is -2.85. The summed E-state index contributed by atoms with van der Waals surface area (Å²) in [5, 5.41) is 14.3. The zero-order valence-electron chi connectivity index (χ0n) is 10.9. The van der Waals surface area contributed by atoms with Crippen molar-refractivity contribution >= 4 is 17.6 Å². The highest BCUT2D eigenvalue weighted by Crippen LogP contribution is 2.20. The van der Waals surface area contributed by atoms with E-state index >= 15 is 0 Å². The van der Waals surface area contributed by atoms with Gasteiger partial charge in [0.15, 0.2) is 0 Å². The molecule has 1 amide bonds. The number of hydrogen-bond donors (Lipinski definition) is 3. The van der Waals surface area contributed by atoms with Crippen LogP contribution in [0.4, 0.5) is 10.1 Å². The van der Waals surface area contributed by atoms with Crippen LogP contribution in [0.1, 0.15) is 24.2 Å². The fourth-order valence-corrected chi connectivity index (χ4v) is 1.53. The first-order chi connectivity index (χ1) is 8.97. The lowest BCUT2D eigenvalue weighted by molar-refractivity contribution is -0.119. The van der Waals surface area contributed by atoms with Gasteiger partial charge in [-0.25, -0.2) is 9.18 Å². The van der Waals surface area contributed by atoms with Gasteiger partial charge in [-0.15, -0.1) is 0 Å². The molecule has 0 aromatic heterocycles. The number of carbonyl (C=O) groups excluding carboxylic acids is 1. The Labute approximate surface area is 110 Å². The lowest BCUT2D eigenvalue weighted by Gasteiger charge is -2.14. The Balaban J connectivity index is 2.87. The van der Waals surface area contributed by atoms with Gasteiger partial charge in [0.1, 0.15) is 5.82 Å². The minimum Gasteiger partial charge on any atom is -0.478 e. The third-order valence-electron chi connectivity index (χ3n) is 2.64. The molecule has 0 heterocycles. The maximum atomic E-state index is 13.6. The third-order valence-corrected chi connectivity index (χ3v) is 2.64. The second kappa shape index (κ2) is 6.84. The van der Waals surface area contributed by atoms with Crippen molar-refractivity contribution in [2.24, 2.45) is 5.92 Å². The third kappa shape index (κ3) is 4.03.